The fourth-order valence-electron chi connectivity index (χ4n) is 1.92. The van der Waals surface area contributed by atoms with Crippen LogP contribution in [0.1, 0.15) is 17.5 Å². The van der Waals surface area contributed by atoms with Crippen LogP contribution in [0.4, 0.5) is 23.2 Å². The number of hydrogen-bond acceptors (Lipinski definition) is 1. The molecule has 0 aliphatic heterocycles. The molecule has 2 nitrogen and oxygen atoms in total. The first-order chi connectivity index (χ1) is 10.4. The van der Waals surface area contributed by atoms with E-state index in [4.69, 9.17) is 0 Å². The third-order valence-electron chi connectivity index (χ3n) is 3.08. The third kappa shape index (κ3) is 4.31. The molecule has 6 heteroatoms. The Balaban J connectivity index is 1.91. The van der Waals surface area contributed by atoms with Crippen LogP contribution in [0.5, 0.6) is 0 Å². The minimum Gasteiger partial charge on any atom is -0.326 e. The molecule has 2 aromatic carbocycles. The van der Waals surface area contributed by atoms with Gasteiger partial charge in [-0.3, -0.25) is 4.79 Å². The molecule has 1 amide bonds. The highest BCUT2D eigenvalue weighted by molar-refractivity contribution is 5.90. The number of alkyl halides is 3. The first-order valence-corrected chi connectivity index (χ1v) is 6.57. The Morgan fingerprint density at radius 3 is 2.23 bits per heavy atom. The van der Waals surface area contributed by atoms with Crippen molar-refractivity contribution in [2.24, 2.45) is 0 Å². The van der Waals surface area contributed by atoms with Crippen molar-refractivity contribution in [2.75, 3.05) is 5.32 Å². The van der Waals surface area contributed by atoms with Crippen LogP contribution in [0.3, 0.4) is 0 Å². The summed E-state index contributed by atoms with van der Waals surface area (Å²) >= 11 is 0. The van der Waals surface area contributed by atoms with Crippen LogP contribution in [0, 0.1) is 5.82 Å². The molecular weight excluding hydrogens is 298 g/mol. The summed E-state index contributed by atoms with van der Waals surface area (Å²) in [4.78, 5) is 11.7. The number of halogens is 4. The second-order valence-electron chi connectivity index (χ2n) is 4.71. The normalized spacial score (nSPS) is 11.3. The average molecular weight is 311 g/mol. The first kappa shape index (κ1) is 16.0. The second kappa shape index (κ2) is 6.60. The van der Waals surface area contributed by atoms with E-state index in [0.29, 0.717) is 5.56 Å². The third-order valence-corrected chi connectivity index (χ3v) is 3.08. The molecule has 116 valence electrons. The van der Waals surface area contributed by atoms with E-state index in [1.807, 2.05) is 0 Å². The summed E-state index contributed by atoms with van der Waals surface area (Å²) in [5.41, 5.74) is -0.0894. The Hall–Kier alpha value is -2.37. The summed E-state index contributed by atoms with van der Waals surface area (Å²) in [5, 5.41) is 2.48. The van der Waals surface area contributed by atoms with Crippen LogP contribution in [0.15, 0.2) is 48.5 Å². The van der Waals surface area contributed by atoms with Crippen molar-refractivity contribution in [3.8, 4) is 0 Å². The molecule has 0 unspecified atom stereocenters. The lowest BCUT2D eigenvalue weighted by atomic mass is 10.1. The molecule has 2 aromatic rings. The average Bonchev–Trinajstić information content (AvgIpc) is 2.46. The van der Waals surface area contributed by atoms with Crippen LogP contribution in [0.25, 0.3) is 0 Å². The van der Waals surface area contributed by atoms with Gasteiger partial charge in [-0.1, -0.05) is 18.2 Å². The minimum absolute atomic E-state index is 0.0436. The van der Waals surface area contributed by atoms with Crippen molar-refractivity contribution >= 4 is 11.6 Å². The molecule has 2 rings (SSSR count). The number of carbonyl (C=O) groups is 1. The van der Waals surface area contributed by atoms with E-state index in [1.54, 1.807) is 18.2 Å². The van der Waals surface area contributed by atoms with Crippen LogP contribution < -0.4 is 5.32 Å². The van der Waals surface area contributed by atoms with Gasteiger partial charge in [-0.2, -0.15) is 13.2 Å². The van der Waals surface area contributed by atoms with E-state index >= 15 is 0 Å². The molecular formula is C16H13F4NO. The van der Waals surface area contributed by atoms with Gasteiger partial charge in [0, 0.05) is 12.1 Å². The summed E-state index contributed by atoms with van der Waals surface area (Å²) in [5.74, 6) is -0.771. The number of aryl methyl sites for hydroxylation is 1. The molecule has 0 aliphatic carbocycles. The number of nitrogens with one attached hydrogen (secondary N) is 1. The maximum Gasteiger partial charge on any atom is 0.416 e. The lowest BCUT2D eigenvalue weighted by molar-refractivity contribution is -0.137. The summed E-state index contributed by atoms with van der Waals surface area (Å²) in [6.07, 6.45) is -4.14. The predicted molar refractivity (Wildman–Crippen MR) is 74.8 cm³/mol. The van der Waals surface area contributed by atoms with Gasteiger partial charge in [0.05, 0.1) is 5.56 Å². The fourth-order valence-corrected chi connectivity index (χ4v) is 1.92. The maximum atomic E-state index is 13.4. The Bertz CT molecular complexity index is 650. The van der Waals surface area contributed by atoms with Crippen molar-refractivity contribution in [1.82, 2.24) is 0 Å². The van der Waals surface area contributed by atoms with Crippen LogP contribution in [-0.2, 0) is 17.4 Å². The van der Waals surface area contributed by atoms with E-state index in [-0.39, 0.29) is 30.3 Å². The molecule has 0 fully saturated rings. The lowest BCUT2D eigenvalue weighted by Crippen LogP contribution is -2.13. The standard InChI is InChI=1S/C16H13F4NO/c17-14-4-2-1-3-11(14)5-10-15(22)21-13-8-6-12(7-9-13)16(18,19)20/h1-4,6-9H,5,10H2,(H,21,22). The van der Waals surface area contributed by atoms with Gasteiger partial charge in [0.2, 0.25) is 5.91 Å². The summed E-state index contributed by atoms with van der Waals surface area (Å²) in [6.45, 7) is 0. The van der Waals surface area contributed by atoms with Crippen molar-refractivity contribution in [3.63, 3.8) is 0 Å². The monoisotopic (exact) mass is 311 g/mol. The van der Waals surface area contributed by atoms with Gasteiger partial charge in [0.25, 0.3) is 0 Å². The minimum atomic E-state index is -4.41. The maximum absolute atomic E-state index is 13.4. The highest BCUT2D eigenvalue weighted by Gasteiger charge is 2.29. The SMILES string of the molecule is O=C(CCc1ccccc1F)Nc1ccc(C(F)(F)F)cc1. The van der Waals surface area contributed by atoms with Gasteiger partial charge in [-0.25, -0.2) is 4.39 Å². The Labute approximate surface area is 124 Å². The lowest BCUT2D eigenvalue weighted by Gasteiger charge is -2.09. The van der Waals surface area contributed by atoms with Gasteiger partial charge >= 0.3 is 6.18 Å². The van der Waals surface area contributed by atoms with E-state index in [9.17, 15) is 22.4 Å². The number of hydrogen-bond donors (Lipinski definition) is 1. The summed E-state index contributed by atoms with van der Waals surface area (Å²) < 4.78 is 50.6. The molecule has 0 saturated carbocycles. The largest absolute Gasteiger partial charge is 0.416 e. The first-order valence-electron chi connectivity index (χ1n) is 6.57. The van der Waals surface area contributed by atoms with Crippen molar-refractivity contribution in [1.29, 1.82) is 0 Å². The molecule has 0 atom stereocenters. The molecule has 0 bridgehead atoms. The van der Waals surface area contributed by atoms with Gasteiger partial charge < -0.3 is 5.32 Å². The molecule has 0 aromatic heterocycles. The number of rotatable bonds is 4. The molecule has 0 spiro atoms. The number of carbonyl (C=O) groups excluding carboxylic acids is 1. The Kier molecular flexibility index (Phi) is 4.80. The fraction of sp³-hybridized carbons (Fsp3) is 0.188. The van der Waals surface area contributed by atoms with E-state index < -0.39 is 11.7 Å². The van der Waals surface area contributed by atoms with Crippen molar-refractivity contribution in [2.45, 2.75) is 19.0 Å². The van der Waals surface area contributed by atoms with Crippen LogP contribution in [0.2, 0.25) is 0 Å². The zero-order valence-electron chi connectivity index (χ0n) is 11.5. The molecule has 0 heterocycles. The number of amides is 1. The van der Waals surface area contributed by atoms with Crippen LogP contribution >= 0.6 is 0 Å². The quantitative estimate of drug-likeness (QED) is 0.832. The van der Waals surface area contributed by atoms with Gasteiger partial charge in [-0.05, 0) is 42.3 Å². The number of benzene rings is 2. The Morgan fingerprint density at radius 2 is 1.64 bits per heavy atom. The molecule has 0 saturated heterocycles. The van der Waals surface area contributed by atoms with E-state index in [1.165, 1.54) is 18.2 Å². The number of anilines is 1. The van der Waals surface area contributed by atoms with Gasteiger partial charge in [-0.15, -0.1) is 0 Å². The second-order valence-corrected chi connectivity index (χ2v) is 4.71. The van der Waals surface area contributed by atoms with Crippen molar-refractivity contribution in [3.05, 3.63) is 65.5 Å². The smallest absolute Gasteiger partial charge is 0.326 e. The zero-order valence-corrected chi connectivity index (χ0v) is 11.5. The molecule has 1 N–H and O–H groups in total. The summed E-state index contributed by atoms with van der Waals surface area (Å²) in [6, 6.07) is 10.3. The highest BCUT2D eigenvalue weighted by Crippen LogP contribution is 2.29. The zero-order chi connectivity index (χ0) is 16.2. The van der Waals surface area contributed by atoms with E-state index in [0.717, 1.165) is 12.1 Å². The van der Waals surface area contributed by atoms with E-state index in [2.05, 4.69) is 5.32 Å². The predicted octanol–water partition coefficient (Wildman–Crippen LogP) is 4.42. The summed E-state index contributed by atoms with van der Waals surface area (Å²) in [7, 11) is 0. The molecule has 0 aliphatic rings. The van der Waals surface area contributed by atoms with Crippen LogP contribution in [-0.4, -0.2) is 5.91 Å². The highest BCUT2D eigenvalue weighted by atomic mass is 19.4. The van der Waals surface area contributed by atoms with Crippen molar-refractivity contribution < 1.29 is 22.4 Å². The van der Waals surface area contributed by atoms with Gasteiger partial charge in [0.1, 0.15) is 5.82 Å². The topological polar surface area (TPSA) is 29.1 Å². The Morgan fingerprint density at radius 1 is 1.00 bits per heavy atom. The molecule has 0 radical (unpaired) electrons. The molecule has 22 heavy (non-hydrogen) atoms. The van der Waals surface area contributed by atoms with Gasteiger partial charge in [0.15, 0.2) is 0 Å².